The summed E-state index contributed by atoms with van der Waals surface area (Å²) >= 11 is 4.75. The zero-order chi connectivity index (χ0) is 15.6. The third kappa shape index (κ3) is 3.76. The van der Waals surface area contributed by atoms with Gasteiger partial charge in [-0.2, -0.15) is 0 Å². The highest BCUT2D eigenvalue weighted by Crippen LogP contribution is 2.20. The number of hydrogen-bond donors (Lipinski definition) is 2. The molecule has 0 saturated carbocycles. The number of benzene rings is 1. The fourth-order valence-corrected chi connectivity index (χ4v) is 4.08. The molecule has 1 aliphatic rings. The maximum atomic E-state index is 13.8. The molecule has 1 aromatic rings. The maximum absolute atomic E-state index is 13.8. The summed E-state index contributed by atoms with van der Waals surface area (Å²) in [5.74, 6) is -0.474. The van der Waals surface area contributed by atoms with Crippen LogP contribution >= 0.6 is 12.2 Å². The van der Waals surface area contributed by atoms with E-state index in [4.69, 9.17) is 18.0 Å². The number of likely N-dealkylation sites (tertiary alicyclic amines) is 1. The second kappa shape index (κ2) is 6.35. The van der Waals surface area contributed by atoms with Crippen LogP contribution in [0.5, 0.6) is 0 Å². The van der Waals surface area contributed by atoms with Gasteiger partial charge in [0.05, 0.1) is 10.5 Å². The van der Waals surface area contributed by atoms with Crippen LogP contribution in [-0.4, -0.2) is 45.0 Å². The number of halogens is 1. The van der Waals surface area contributed by atoms with E-state index in [2.05, 4.69) is 9.62 Å². The van der Waals surface area contributed by atoms with E-state index in [0.29, 0.717) is 6.54 Å². The van der Waals surface area contributed by atoms with Crippen molar-refractivity contribution >= 4 is 27.2 Å². The van der Waals surface area contributed by atoms with Gasteiger partial charge in [0.15, 0.2) is 0 Å². The summed E-state index contributed by atoms with van der Waals surface area (Å²) in [5, 5.41) is 0. The molecule has 0 bridgehead atoms. The molecule has 8 heteroatoms. The molecule has 5 nitrogen and oxygen atoms in total. The number of nitrogens with zero attached hydrogens (tertiary/aromatic N) is 1. The van der Waals surface area contributed by atoms with Crippen LogP contribution in [0.15, 0.2) is 23.1 Å². The van der Waals surface area contributed by atoms with E-state index in [-0.39, 0.29) is 21.4 Å². The summed E-state index contributed by atoms with van der Waals surface area (Å²) in [5.41, 5.74) is 5.21. The monoisotopic (exact) mass is 331 g/mol. The predicted octanol–water partition coefficient (Wildman–Crippen LogP) is 0.690. The van der Waals surface area contributed by atoms with Crippen molar-refractivity contribution in [2.24, 2.45) is 11.7 Å². The van der Waals surface area contributed by atoms with E-state index in [1.807, 2.05) is 7.05 Å². The van der Waals surface area contributed by atoms with Crippen LogP contribution in [0.3, 0.4) is 0 Å². The number of sulfonamides is 1. The van der Waals surface area contributed by atoms with Gasteiger partial charge in [-0.25, -0.2) is 17.5 Å². The Bertz CT molecular complexity index is 649. The summed E-state index contributed by atoms with van der Waals surface area (Å²) in [7, 11) is -1.85. The molecule has 3 N–H and O–H groups in total. The molecule has 1 fully saturated rings. The van der Waals surface area contributed by atoms with E-state index >= 15 is 0 Å². The summed E-state index contributed by atoms with van der Waals surface area (Å²) in [6.07, 6.45) is 0.935. The Kier molecular flexibility index (Phi) is 4.92. The summed E-state index contributed by atoms with van der Waals surface area (Å²) in [6, 6.07) is 3.77. The number of nitrogens with two attached hydrogens (primary N) is 1. The van der Waals surface area contributed by atoms with E-state index in [1.165, 1.54) is 12.1 Å². The van der Waals surface area contributed by atoms with E-state index in [1.54, 1.807) is 0 Å². The van der Waals surface area contributed by atoms with Crippen molar-refractivity contribution < 1.29 is 12.8 Å². The number of nitrogens with one attached hydrogen (secondary N) is 1. The summed E-state index contributed by atoms with van der Waals surface area (Å²) in [4.78, 5) is 1.66. The van der Waals surface area contributed by atoms with Gasteiger partial charge in [0.1, 0.15) is 10.8 Å². The Balaban J connectivity index is 2.20. The van der Waals surface area contributed by atoms with Crippen LogP contribution in [0.1, 0.15) is 12.0 Å². The molecule has 2 rings (SSSR count). The standard InChI is InChI=1S/C13H18FN3O2S2/c1-17-6-5-9(8-17)7-16-21(18,19)11-4-2-3-10(14)12(11)13(15)20/h2-4,9,16H,5-8H2,1H3,(H2,15,20). The molecule has 1 saturated heterocycles. The van der Waals surface area contributed by atoms with Crippen molar-refractivity contribution in [3.63, 3.8) is 0 Å². The van der Waals surface area contributed by atoms with Gasteiger partial charge < -0.3 is 10.6 Å². The van der Waals surface area contributed by atoms with Crippen LogP contribution < -0.4 is 10.5 Å². The van der Waals surface area contributed by atoms with Crippen LogP contribution in [0, 0.1) is 11.7 Å². The SMILES string of the molecule is CN1CCC(CNS(=O)(=O)c2cccc(F)c2C(N)=S)C1. The molecular formula is C13H18FN3O2S2. The molecule has 0 spiro atoms. The van der Waals surface area contributed by atoms with Gasteiger partial charge >= 0.3 is 0 Å². The van der Waals surface area contributed by atoms with Crippen LogP contribution in [-0.2, 0) is 10.0 Å². The minimum absolute atomic E-state index is 0.207. The van der Waals surface area contributed by atoms with E-state index in [0.717, 1.165) is 25.6 Å². The second-order valence-corrected chi connectivity index (χ2v) is 7.42. The highest BCUT2D eigenvalue weighted by Gasteiger charge is 2.25. The van der Waals surface area contributed by atoms with Gasteiger partial charge in [-0.05, 0) is 38.1 Å². The van der Waals surface area contributed by atoms with Crippen molar-refractivity contribution in [3.8, 4) is 0 Å². The molecule has 1 atom stereocenters. The van der Waals surface area contributed by atoms with Crippen LogP contribution in [0.25, 0.3) is 0 Å². The molecule has 116 valence electrons. The highest BCUT2D eigenvalue weighted by molar-refractivity contribution is 7.89. The van der Waals surface area contributed by atoms with Gasteiger partial charge in [-0.3, -0.25) is 0 Å². The Hall–Kier alpha value is -1.09. The summed E-state index contributed by atoms with van der Waals surface area (Å²) in [6.45, 7) is 2.11. The second-order valence-electron chi connectivity index (χ2n) is 5.25. The van der Waals surface area contributed by atoms with Crippen molar-refractivity contribution in [3.05, 3.63) is 29.6 Å². The predicted molar refractivity (Wildman–Crippen MR) is 83.1 cm³/mol. The van der Waals surface area contributed by atoms with Gasteiger partial charge in [-0.1, -0.05) is 18.3 Å². The molecule has 0 aromatic heterocycles. The minimum Gasteiger partial charge on any atom is -0.389 e. The highest BCUT2D eigenvalue weighted by atomic mass is 32.2. The third-order valence-electron chi connectivity index (χ3n) is 3.56. The zero-order valence-corrected chi connectivity index (χ0v) is 13.3. The average molecular weight is 331 g/mol. The van der Waals surface area contributed by atoms with Gasteiger partial charge in [0, 0.05) is 13.1 Å². The molecule has 0 radical (unpaired) electrons. The van der Waals surface area contributed by atoms with E-state index in [9.17, 15) is 12.8 Å². The van der Waals surface area contributed by atoms with Crippen LogP contribution in [0.4, 0.5) is 4.39 Å². The van der Waals surface area contributed by atoms with Gasteiger partial charge in [0.25, 0.3) is 0 Å². The largest absolute Gasteiger partial charge is 0.389 e. The molecular weight excluding hydrogens is 313 g/mol. The first-order valence-electron chi connectivity index (χ1n) is 6.58. The maximum Gasteiger partial charge on any atom is 0.241 e. The Morgan fingerprint density at radius 3 is 2.86 bits per heavy atom. The molecule has 0 aliphatic carbocycles. The molecule has 1 aromatic carbocycles. The van der Waals surface area contributed by atoms with E-state index < -0.39 is 15.8 Å². The Morgan fingerprint density at radius 1 is 1.57 bits per heavy atom. The lowest BCUT2D eigenvalue weighted by molar-refractivity contribution is 0.394. The van der Waals surface area contributed by atoms with Crippen molar-refractivity contribution in [2.45, 2.75) is 11.3 Å². The number of rotatable bonds is 5. The lowest BCUT2D eigenvalue weighted by Crippen LogP contribution is -2.32. The first kappa shape index (κ1) is 16.3. The molecule has 1 unspecified atom stereocenters. The molecule has 1 aliphatic heterocycles. The first-order valence-corrected chi connectivity index (χ1v) is 8.47. The normalized spacial score (nSPS) is 19.8. The van der Waals surface area contributed by atoms with Gasteiger partial charge in [-0.15, -0.1) is 0 Å². The number of hydrogen-bond acceptors (Lipinski definition) is 4. The van der Waals surface area contributed by atoms with Crippen molar-refractivity contribution in [2.75, 3.05) is 26.7 Å². The Labute approximate surface area is 129 Å². The van der Waals surface area contributed by atoms with Crippen molar-refractivity contribution in [1.29, 1.82) is 0 Å². The fraction of sp³-hybridized carbons (Fsp3) is 0.462. The van der Waals surface area contributed by atoms with Crippen LogP contribution in [0.2, 0.25) is 0 Å². The number of thiocarbonyl (C=S) groups is 1. The smallest absolute Gasteiger partial charge is 0.241 e. The third-order valence-corrected chi connectivity index (χ3v) is 5.23. The molecule has 1 heterocycles. The minimum atomic E-state index is -3.84. The average Bonchev–Trinajstić information content (AvgIpc) is 2.82. The lowest BCUT2D eigenvalue weighted by Gasteiger charge is -2.14. The summed E-state index contributed by atoms with van der Waals surface area (Å²) < 4.78 is 41.0. The quantitative estimate of drug-likeness (QED) is 0.777. The topological polar surface area (TPSA) is 75.4 Å². The van der Waals surface area contributed by atoms with Gasteiger partial charge in [0.2, 0.25) is 10.0 Å². The fourth-order valence-electron chi connectivity index (χ4n) is 2.47. The Morgan fingerprint density at radius 2 is 2.29 bits per heavy atom. The first-order chi connectivity index (χ1) is 9.81. The zero-order valence-electron chi connectivity index (χ0n) is 11.7. The molecule has 0 amide bonds. The molecule has 21 heavy (non-hydrogen) atoms. The van der Waals surface area contributed by atoms with Crippen molar-refractivity contribution in [1.82, 2.24) is 9.62 Å². The lowest BCUT2D eigenvalue weighted by atomic mass is 10.1.